The minimum atomic E-state index is 0.112. The Morgan fingerprint density at radius 2 is 1.59 bits per heavy atom. The minimum Gasteiger partial charge on any atom is -0.337 e. The van der Waals surface area contributed by atoms with Crippen LogP contribution in [0.15, 0.2) is 60.7 Å². The van der Waals surface area contributed by atoms with Crippen LogP contribution in [0.3, 0.4) is 0 Å². The Bertz CT molecular complexity index is 742. The van der Waals surface area contributed by atoms with Gasteiger partial charge in [0.1, 0.15) is 0 Å². The molecule has 0 bridgehead atoms. The van der Waals surface area contributed by atoms with Crippen molar-refractivity contribution in [2.45, 2.75) is 26.8 Å². The number of carbonyl (C=O) groups is 1. The summed E-state index contributed by atoms with van der Waals surface area (Å²) in [6, 6.07) is 19.0. The van der Waals surface area contributed by atoms with Crippen LogP contribution in [0.25, 0.3) is 6.08 Å². The lowest BCUT2D eigenvalue weighted by atomic mass is 10.0. The van der Waals surface area contributed by atoms with Crippen LogP contribution in [-0.2, 0) is 17.8 Å². The molecule has 2 aromatic carbocycles. The van der Waals surface area contributed by atoms with Gasteiger partial charge in [-0.1, -0.05) is 68.4 Å². The summed E-state index contributed by atoms with van der Waals surface area (Å²) in [7, 11) is 0. The van der Waals surface area contributed by atoms with Crippen LogP contribution in [-0.4, -0.2) is 41.9 Å². The van der Waals surface area contributed by atoms with E-state index in [2.05, 4.69) is 67.3 Å². The number of hydrogen-bond donors (Lipinski definition) is 0. The number of rotatable bonds is 6. The number of hydrogen-bond acceptors (Lipinski definition) is 2. The average molecular weight is 363 g/mol. The summed E-state index contributed by atoms with van der Waals surface area (Å²) in [5.74, 6) is 0.772. The monoisotopic (exact) mass is 362 g/mol. The highest BCUT2D eigenvalue weighted by atomic mass is 16.2. The van der Waals surface area contributed by atoms with Crippen LogP contribution in [0.2, 0.25) is 0 Å². The second-order valence-electron chi connectivity index (χ2n) is 7.76. The van der Waals surface area contributed by atoms with Crippen molar-refractivity contribution >= 4 is 12.0 Å². The van der Waals surface area contributed by atoms with Gasteiger partial charge in [0, 0.05) is 38.8 Å². The van der Waals surface area contributed by atoms with E-state index in [0.29, 0.717) is 5.92 Å². The molecule has 1 amide bonds. The fraction of sp³-hybridized carbons (Fsp3) is 0.375. The predicted octanol–water partition coefficient (Wildman–Crippen LogP) is 4.24. The molecule has 142 valence electrons. The van der Waals surface area contributed by atoms with E-state index >= 15 is 0 Å². The first-order chi connectivity index (χ1) is 13.1. The average Bonchev–Trinajstić information content (AvgIpc) is 2.68. The van der Waals surface area contributed by atoms with Gasteiger partial charge in [0.2, 0.25) is 5.91 Å². The van der Waals surface area contributed by atoms with E-state index in [1.54, 1.807) is 6.08 Å². The molecule has 3 rings (SSSR count). The molecule has 1 aliphatic rings. The quantitative estimate of drug-likeness (QED) is 0.718. The van der Waals surface area contributed by atoms with Crippen LogP contribution in [0.5, 0.6) is 0 Å². The highest BCUT2D eigenvalue weighted by Crippen LogP contribution is 2.12. The first kappa shape index (κ1) is 19.4. The lowest BCUT2D eigenvalue weighted by Crippen LogP contribution is -2.47. The Labute approximate surface area is 163 Å². The highest BCUT2D eigenvalue weighted by molar-refractivity contribution is 5.91. The summed E-state index contributed by atoms with van der Waals surface area (Å²) in [5, 5.41) is 0. The number of piperazine rings is 1. The van der Waals surface area contributed by atoms with Crippen molar-refractivity contribution in [2.24, 2.45) is 5.92 Å². The summed E-state index contributed by atoms with van der Waals surface area (Å²) < 4.78 is 0. The van der Waals surface area contributed by atoms with Gasteiger partial charge >= 0.3 is 0 Å². The molecule has 1 aliphatic heterocycles. The molecule has 3 nitrogen and oxygen atoms in total. The second-order valence-corrected chi connectivity index (χ2v) is 7.76. The molecule has 3 heteroatoms. The minimum absolute atomic E-state index is 0.112. The summed E-state index contributed by atoms with van der Waals surface area (Å²) in [4.78, 5) is 16.8. The van der Waals surface area contributed by atoms with E-state index in [9.17, 15) is 4.79 Å². The maximum atomic E-state index is 12.5. The first-order valence-electron chi connectivity index (χ1n) is 9.92. The predicted molar refractivity (Wildman–Crippen MR) is 112 cm³/mol. The molecule has 2 aromatic rings. The molecule has 0 N–H and O–H groups in total. The molecular weight excluding hydrogens is 332 g/mol. The Morgan fingerprint density at radius 3 is 2.22 bits per heavy atom. The fourth-order valence-electron chi connectivity index (χ4n) is 3.48. The van der Waals surface area contributed by atoms with Gasteiger partial charge in [-0.3, -0.25) is 9.69 Å². The SMILES string of the molecule is CC(C)Cc1ccc(C=CC(=O)N2CCN(Cc3ccccc3)CC2)cc1. The van der Waals surface area contributed by atoms with Gasteiger partial charge in [-0.25, -0.2) is 0 Å². The topological polar surface area (TPSA) is 23.6 Å². The Balaban J connectivity index is 1.47. The first-order valence-corrected chi connectivity index (χ1v) is 9.92. The molecule has 0 atom stereocenters. The molecule has 0 unspecified atom stereocenters. The fourth-order valence-corrected chi connectivity index (χ4v) is 3.48. The third-order valence-electron chi connectivity index (χ3n) is 4.97. The van der Waals surface area contributed by atoms with Crippen LogP contribution in [0.4, 0.5) is 0 Å². The zero-order valence-electron chi connectivity index (χ0n) is 16.5. The van der Waals surface area contributed by atoms with Crippen LogP contribution in [0, 0.1) is 5.92 Å². The van der Waals surface area contributed by atoms with Gasteiger partial charge < -0.3 is 4.90 Å². The summed E-state index contributed by atoms with van der Waals surface area (Å²) in [6.07, 6.45) is 4.73. The molecular formula is C24H30N2O. The molecule has 0 aromatic heterocycles. The van der Waals surface area contributed by atoms with Crippen molar-refractivity contribution < 1.29 is 4.79 Å². The van der Waals surface area contributed by atoms with Crippen molar-refractivity contribution in [3.05, 3.63) is 77.4 Å². The van der Waals surface area contributed by atoms with Gasteiger partial charge in [-0.05, 0) is 35.1 Å². The summed E-state index contributed by atoms with van der Waals surface area (Å²) in [6.45, 7) is 8.86. The normalized spacial score (nSPS) is 15.6. The molecule has 0 aliphatic carbocycles. The lowest BCUT2D eigenvalue weighted by Gasteiger charge is -2.34. The van der Waals surface area contributed by atoms with Crippen molar-refractivity contribution in [2.75, 3.05) is 26.2 Å². The van der Waals surface area contributed by atoms with E-state index in [1.165, 1.54) is 11.1 Å². The highest BCUT2D eigenvalue weighted by Gasteiger charge is 2.19. The third-order valence-corrected chi connectivity index (χ3v) is 4.97. The van der Waals surface area contributed by atoms with E-state index in [1.807, 2.05) is 17.0 Å². The van der Waals surface area contributed by atoms with Gasteiger partial charge in [0.25, 0.3) is 0 Å². The number of amides is 1. The van der Waals surface area contributed by atoms with E-state index in [4.69, 9.17) is 0 Å². The van der Waals surface area contributed by atoms with Gasteiger partial charge in [-0.2, -0.15) is 0 Å². The maximum absolute atomic E-state index is 12.5. The van der Waals surface area contributed by atoms with E-state index in [-0.39, 0.29) is 5.91 Å². The molecule has 0 radical (unpaired) electrons. The summed E-state index contributed by atoms with van der Waals surface area (Å²) >= 11 is 0. The molecule has 1 fully saturated rings. The Hall–Kier alpha value is -2.39. The third kappa shape index (κ3) is 6.07. The maximum Gasteiger partial charge on any atom is 0.246 e. The largest absolute Gasteiger partial charge is 0.337 e. The lowest BCUT2D eigenvalue weighted by molar-refractivity contribution is -0.127. The number of benzene rings is 2. The number of nitrogens with zero attached hydrogens (tertiary/aromatic N) is 2. The molecule has 0 saturated carbocycles. The second kappa shape index (κ2) is 9.52. The van der Waals surface area contributed by atoms with Gasteiger partial charge in [0.05, 0.1) is 0 Å². The van der Waals surface area contributed by atoms with Gasteiger partial charge in [-0.15, -0.1) is 0 Å². The Morgan fingerprint density at radius 1 is 0.926 bits per heavy atom. The summed E-state index contributed by atoms with van der Waals surface area (Å²) in [5.41, 5.74) is 3.76. The zero-order valence-corrected chi connectivity index (χ0v) is 16.5. The van der Waals surface area contributed by atoms with Crippen LogP contribution >= 0.6 is 0 Å². The molecule has 1 heterocycles. The number of carbonyl (C=O) groups excluding carboxylic acids is 1. The Kier molecular flexibility index (Phi) is 6.83. The zero-order chi connectivity index (χ0) is 19.1. The van der Waals surface area contributed by atoms with Crippen molar-refractivity contribution in [3.8, 4) is 0 Å². The molecule has 27 heavy (non-hydrogen) atoms. The smallest absolute Gasteiger partial charge is 0.246 e. The van der Waals surface area contributed by atoms with Gasteiger partial charge in [0.15, 0.2) is 0 Å². The molecule has 0 spiro atoms. The van der Waals surface area contributed by atoms with Crippen molar-refractivity contribution in [1.82, 2.24) is 9.80 Å². The molecule has 1 saturated heterocycles. The standard InChI is InChI=1S/C24H30N2O/c1-20(2)18-22-10-8-21(9-11-22)12-13-24(27)26-16-14-25(15-17-26)19-23-6-4-3-5-7-23/h3-13,20H,14-19H2,1-2H3. The van der Waals surface area contributed by atoms with Crippen molar-refractivity contribution in [3.63, 3.8) is 0 Å². The van der Waals surface area contributed by atoms with E-state index < -0.39 is 0 Å². The van der Waals surface area contributed by atoms with Crippen LogP contribution < -0.4 is 0 Å². The van der Waals surface area contributed by atoms with Crippen LogP contribution in [0.1, 0.15) is 30.5 Å². The van der Waals surface area contributed by atoms with E-state index in [0.717, 1.165) is 44.7 Å². The van der Waals surface area contributed by atoms with Crippen molar-refractivity contribution in [1.29, 1.82) is 0 Å².